The summed E-state index contributed by atoms with van der Waals surface area (Å²) in [5.74, 6) is 1.55. The van der Waals surface area contributed by atoms with E-state index < -0.39 is 0 Å². The summed E-state index contributed by atoms with van der Waals surface area (Å²) in [6, 6.07) is 0. The van der Waals surface area contributed by atoms with E-state index in [0.29, 0.717) is 33.0 Å². The second-order valence-corrected chi connectivity index (χ2v) is 6.71. The summed E-state index contributed by atoms with van der Waals surface area (Å²) < 4.78 is 6.19. The second-order valence-electron chi connectivity index (χ2n) is 4.60. The Morgan fingerprint density at radius 2 is 2.22 bits per heavy atom. The Hall–Kier alpha value is -1.80. The maximum absolute atomic E-state index is 11.9. The fourth-order valence-corrected chi connectivity index (χ4v) is 3.15. The molecule has 0 saturated heterocycles. The van der Waals surface area contributed by atoms with Crippen molar-refractivity contribution < 1.29 is 4.74 Å². The number of nitrogen functional groups attached to an aromatic ring is 1. The quantitative estimate of drug-likeness (QED) is 0.249. The summed E-state index contributed by atoms with van der Waals surface area (Å²) in [4.78, 5) is 23.0. The molecule has 0 aliphatic heterocycles. The number of aromatic amines is 1. The molecule has 2 aromatic rings. The molecule has 23 heavy (non-hydrogen) atoms. The third-order valence-electron chi connectivity index (χ3n) is 2.77. The van der Waals surface area contributed by atoms with Crippen LogP contribution in [0.2, 0.25) is 0 Å². The number of rotatable bonds is 8. The van der Waals surface area contributed by atoms with Crippen molar-refractivity contribution in [1.82, 2.24) is 15.0 Å². The third kappa shape index (κ3) is 5.11. The van der Waals surface area contributed by atoms with E-state index in [1.54, 1.807) is 0 Å². The lowest BCUT2D eigenvalue weighted by atomic mass is 10.3. The van der Waals surface area contributed by atoms with Gasteiger partial charge < -0.3 is 15.5 Å². The van der Waals surface area contributed by atoms with Crippen LogP contribution in [0.3, 0.4) is 0 Å². The Labute approximate surface area is 142 Å². The van der Waals surface area contributed by atoms with Crippen LogP contribution >= 0.6 is 23.1 Å². The van der Waals surface area contributed by atoms with E-state index in [9.17, 15) is 4.79 Å². The minimum atomic E-state index is -0.204. The maximum Gasteiger partial charge on any atom is 0.271 e. The fourth-order valence-electron chi connectivity index (χ4n) is 1.81. The van der Waals surface area contributed by atoms with E-state index in [4.69, 9.17) is 10.5 Å². The number of allylic oxidation sites excluding steroid dienone is 3. The Morgan fingerprint density at radius 1 is 1.39 bits per heavy atom. The van der Waals surface area contributed by atoms with Crippen molar-refractivity contribution in [3.8, 4) is 0 Å². The van der Waals surface area contributed by atoms with Crippen LogP contribution < -0.4 is 11.3 Å². The topological polar surface area (TPSA) is 93.9 Å². The number of hydrogen-bond acceptors (Lipinski definition) is 7. The Morgan fingerprint density at radius 3 is 2.96 bits per heavy atom. The molecule has 0 fully saturated rings. The smallest absolute Gasteiger partial charge is 0.271 e. The molecule has 0 amide bonds. The molecule has 0 radical (unpaired) electrons. The monoisotopic (exact) mass is 352 g/mol. The molecule has 2 aromatic heterocycles. The highest BCUT2D eigenvalue weighted by atomic mass is 32.2. The van der Waals surface area contributed by atoms with Gasteiger partial charge >= 0.3 is 0 Å². The van der Waals surface area contributed by atoms with Gasteiger partial charge in [-0.15, -0.1) is 0 Å². The van der Waals surface area contributed by atoms with Crippen molar-refractivity contribution in [1.29, 1.82) is 0 Å². The lowest BCUT2D eigenvalue weighted by Crippen LogP contribution is -2.08. The van der Waals surface area contributed by atoms with Crippen LogP contribution in [-0.4, -0.2) is 27.3 Å². The number of hydrogen-bond donors (Lipinski definition) is 2. The zero-order valence-electron chi connectivity index (χ0n) is 13.2. The Bertz CT molecular complexity index is 764. The first-order chi connectivity index (χ1) is 11.1. The van der Waals surface area contributed by atoms with Gasteiger partial charge in [-0.3, -0.25) is 4.79 Å². The number of anilines is 1. The van der Waals surface area contributed by atoms with Crippen molar-refractivity contribution in [3.63, 3.8) is 0 Å². The zero-order valence-corrected chi connectivity index (χ0v) is 14.8. The third-order valence-corrected chi connectivity index (χ3v) is 4.48. The van der Waals surface area contributed by atoms with Gasteiger partial charge in [0.1, 0.15) is 10.5 Å². The highest BCUT2D eigenvalue weighted by molar-refractivity contribution is 7.99. The average Bonchev–Trinajstić information content (AvgIpc) is 2.90. The second kappa shape index (κ2) is 8.73. The number of thioether (sulfide) groups is 1. The predicted octanol–water partition coefficient (Wildman–Crippen LogP) is 3.33. The molecule has 0 unspecified atom stereocenters. The highest BCUT2D eigenvalue weighted by Gasteiger charge is 2.09. The molecule has 2 heterocycles. The Balaban J connectivity index is 1.92. The van der Waals surface area contributed by atoms with Crippen LogP contribution in [0.4, 0.5) is 5.13 Å². The normalized spacial score (nSPS) is 12.3. The Kier molecular flexibility index (Phi) is 6.66. The van der Waals surface area contributed by atoms with Gasteiger partial charge in [0.05, 0.1) is 6.61 Å². The van der Waals surface area contributed by atoms with Gasteiger partial charge in [-0.1, -0.05) is 43.0 Å². The summed E-state index contributed by atoms with van der Waals surface area (Å²) >= 11 is 2.57. The average molecular weight is 352 g/mol. The number of aromatic nitrogens is 3. The first-order valence-corrected chi connectivity index (χ1v) is 9.22. The van der Waals surface area contributed by atoms with Crippen LogP contribution in [0.25, 0.3) is 10.3 Å². The molecular formula is C15H20N4O2S2. The lowest BCUT2D eigenvalue weighted by Gasteiger charge is -2.06. The molecule has 0 saturated carbocycles. The molecule has 0 aliphatic carbocycles. The number of H-pyrrole nitrogens is 1. The van der Waals surface area contributed by atoms with Gasteiger partial charge in [0.25, 0.3) is 5.56 Å². The van der Waals surface area contributed by atoms with Gasteiger partial charge in [0, 0.05) is 5.75 Å². The molecule has 0 spiro atoms. The zero-order chi connectivity index (χ0) is 16.7. The molecule has 0 atom stereocenters. The van der Waals surface area contributed by atoms with Gasteiger partial charge in [-0.2, -0.15) is 0 Å². The molecule has 8 heteroatoms. The van der Waals surface area contributed by atoms with Gasteiger partial charge in [-0.25, -0.2) is 9.97 Å². The first kappa shape index (κ1) is 17.6. The number of ether oxygens (including phenoxy) is 1. The number of nitrogens with zero attached hydrogens (tertiary/aromatic N) is 2. The van der Waals surface area contributed by atoms with Crippen LogP contribution in [0.5, 0.6) is 0 Å². The van der Waals surface area contributed by atoms with E-state index in [-0.39, 0.29) is 5.56 Å². The van der Waals surface area contributed by atoms with Gasteiger partial charge in [-0.05, 0) is 25.0 Å². The van der Waals surface area contributed by atoms with Crippen molar-refractivity contribution in [2.45, 2.75) is 31.8 Å². The lowest BCUT2D eigenvalue weighted by molar-refractivity contribution is 0.244. The molecule has 0 aliphatic rings. The van der Waals surface area contributed by atoms with Crippen LogP contribution in [0.15, 0.2) is 33.9 Å². The van der Waals surface area contributed by atoms with Crippen molar-refractivity contribution in [2.24, 2.45) is 0 Å². The van der Waals surface area contributed by atoms with Crippen molar-refractivity contribution in [3.05, 3.63) is 34.3 Å². The molecule has 6 nitrogen and oxygen atoms in total. The summed E-state index contributed by atoms with van der Waals surface area (Å²) in [6.07, 6.45) is 7.99. The predicted molar refractivity (Wildman–Crippen MR) is 96.9 cm³/mol. The highest BCUT2D eigenvalue weighted by Crippen LogP contribution is 2.20. The van der Waals surface area contributed by atoms with Gasteiger partial charge in [0.2, 0.25) is 0 Å². The molecule has 2 rings (SSSR count). The van der Waals surface area contributed by atoms with E-state index >= 15 is 0 Å². The van der Waals surface area contributed by atoms with E-state index in [0.717, 1.165) is 29.9 Å². The van der Waals surface area contributed by atoms with Crippen LogP contribution in [0.1, 0.15) is 26.7 Å². The number of thiazole rings is 1. The molecule has 3 N–H and O–H groups in total. The summed E-state index contributed by atoms with van der Waals surface area (Å²) in [5.41, 5.74) is 5.80. The molecule has 124 valence electrons. The van der Waals surface area contributed by atoms with Crippen molar-refractivity contribution >= 4 is 38.6 Å². The molecule has 0 aromatic carbocycles. The van der Waals surface area contributed by atoms with Crippen LogP contribution in [0, 0.1) is 0 Å². The minimum absolute atomic E-state index is 0.204. The maximum atomic E-state index is 11.9. The summed E-state index contributed by atoms with van der Waals surface area (Å²) in [7, 11) is 0. The molecular weight excluding hydrogens is 332 g/mol. The standard InChI is InChI=1S/C15H20N4O2S2/c1-3-5-7-10(6-4-2)21-8-9-22-15-18-12-11(13(20)19-15)23-14(16)17-12/h5-7H,3-4,8-9H2,1-2H3,(H3,16,17,18,19,20)/b7-5-,10-6+. The summed E-state index contributed by atoms with van der Waals surface area (Å²) in [6.45, 7) is 4.69. The summed E-state index contributed by atoms with van der Waals surface area (Å²) in [5, 5.41) is 0.877. The van der Waals surface area contributed by atoms with Gasteiger partial charge in [0.15, 0.2) is 15.9 Å². The van der Waals surface area contributed by atoms with E-state index in [1.165, 1.54) is 11.8 Å². The van der Waals surface area contributed by atoms with E-state index in [1.807, 2.05) is 12.2 Å². The number of fused-ring (bicyclic) bond motifs is 1. The number of nitrogens with one attached hydrogen (secondary N) is 1. The van der Waals surface area contributed by atoms with Crippen molar-refractivity contribution in [2.75, 3.05) is 18.1 Å². The first-order valence-electron chi connectivity index (χ1n) is 7.42. The van der Waals surface area contributed by atoms with Crippen LogP contribution in [-0.2, 0) is 4.74 Å². The molecule has 0 bridgehead atoms. The largest absolute Gasteiger partial charge is 0.493 e. The number of nitrogens with two attached hydrogens (primary N) is 1. The minimum Gasteiger partial charge on any atom is -0.493 e. The van der Waals surface area contributed by atoms with E-state index in [2.05, 4.69) is 34.9 Å². The fraction of sp³-hybridized carbons (Fsp3) is 0.400. The SMILES string of the molecule is CC/C=C\C(=C/CC)OCCSc1nc2nc(N)sc2c(=O)[nH]1.